The van der Waals surface area contributed by atoms with Crippen LogP contribution in [0.5, 0.6) is 0 Å². The molecule has 0 aliphatic carbocycles. The van der Waals surface area contributed by atoms with Crippen LogP contribution in [0.15, 0.2) is 0 Å². The fraction of sp³-hybridized carbons (Fsp3) is 1.00. The van der Waals surface area contributed by atoms with Gasteiger partial charge in [0.2, 0.25) is 0 Å². The number of hydrogen-bond donors (Lipinski definition) is 1. The van der Waals surface area contributed by atoms with Crippen molar-refractivity contribution in [3.63, 3.8) is 0 Å². The molecular formula is C2H7N2O2S. The number of rotatable bonds is 2. The SMILES string of the molecule is CCNS([NH])(=O)=O. The number of nitrogens with one attached hydrogen (secondary N) is 2. The predicted molar refractivity (Wildman–Crippen MR) is 25.7 cm³/mol. The molecule has 0 unspecified atom stereocenters. The van der Waals surface area contributed by atoms with Gasteiger partial charge in [-0.05, 0) is 0 Å². The van der Waals surface area contributed by atoms with Crippen molar-refractivity contribution in [3.8, 4) is 0 Å². The van der Waals surface area contributed by atoms with E-state index in [0.717, 1.165) is 0 Å². The van der Waals surface area contributed by atoms with E-state index in [0.29, 0.717) is 0 Å². The van der Waals surface area contributed by atoms with Crippen LogP contribution in [0.2, 0.25) is 0 Å². The van der Waals surface area contributed by atoms with E-state index < -0.39 is 10.2 Å². The minimum Gasteiger partial charge on any atom is -0.202 e. The van der Waals surface area contributed by atoms with E-state index in [2.05, 4.69) is 0 Å². The maximum atomic E-state index is 9.79. The van der Waals surface area contributed by atoms with E-state index in [1.165, 1.54) is 0 Å². The predicted octanol–water partition coefficient (Wildman–Crippen LogP) is -0.876. The molecule has 0 spiro atoms. The summed E-state index contributed by atoms with van der Waals surface area (Å²) in [5, 5.41) is 6.19. The Morgan fingerprint density at radius 1 is 1.71 bits per heavy atom. The Hall–Kier alpha value is -0.130. The van der Waals surface area contributed by atoms with Gasteiger partial charge in [-0.25, -0.2) is 4.72 Å². The van der Waals surface area contributed by atoms with Crippen molar-refractivity contribution in [1.82, 2.24) is 9.86 Å². The zero-order valence-electron chi connectivity index (χ0n) is 3.93. The topological polar surface area (TPSA) is 70.0 Å². The molecule has 0 fully saturated rings. The van der Waals surface area contributed by atoms with Crippen LogP contribution in [-0.2, 0) is 10.2 Å². The van der Waals surface area contributed by atoms with E-state index in [9.17, 15) is 8.42 Å². The summed E-state index contributed by atoms with van der Waals surface area (Å²) in [5.74, 6) is 0. The van der Waals surface area contributed by atoms with Gasteiger partial charge in [-0.1, -0.05) is 6.92 Å². The zero-order valence-corrected chi connectivity index (χ0v) is 4.75. The van der Waals surface area contributed by atoms with Crippen molar-refractivity contribution in [2.75, 3.05) is 6.54 Å². The minimum atomic E-state index is -3.67. The average Bonchev–Trinajstić information content (AvgIpc) is 1.30. The lowest BCUT2D eigenvalue weighted by atomic mass is 10.8. The third kappa shape index (κ3) is 5.87. The Labute approximate surface area is 42.9 Å². The Balaban J connectivity index is 3.60. The van der Waals surface area contributed by atoms with Gasteiger partial charge in [-0.15, -0.1) is 5.14 Å². The molecule has 0 aliphatic heterocycles. The van der Waals surface area contributed by atoms with Crippen LogP contribution in [0.3, 0.4) is 0 Å². The minimum absolute atomic E-state index is 0.284. The van der Waals surface area contributed by atoms with Crippen molar-refractivity contribution < 1.29 is 8.42 Å². The summed E-state index contributed by atoms with van der Waals surface area (Å²) in [6.07, 6.45) is 0. The molecule has 0 aromatic rings. The summed E-state index contributed by atoms with van der Waals surface area (Å²) < 4.78 is 21.5. The first-order valence-corrected chi connectivity index (χ1v) is 3.29. The third-order valence-electron chi connectivity index (χ3n) is 0.334. The summed E-state index contributed by atoms with van der Waals surface area (Å²) in [5.41, 5.74) is 0. The van der Waals surface area contributed by atoms with Gasteiger partial charge in [0.25, 0.3) is 10.2 Å². The highest BCUT2D eigenvalue weighted by Gasteiger charge is 1.94. The summed E-state index contributed by atoms with van der Waals surface area (Å²) >= 11 is 0. The second-order valence-electron chi connectivity index (χ2n) is 1.00. The summed E-state index contributed by atoms with van der Waals surface area (Å²) in [4.78, 5) is 0. The van der Waals surface area contributed by atoms with Gasteiger partial charge < -0.3 is 0 Å². The van der Waals surface area contributed by atoms with Crippen LogP contribution in [0, 0.1) is 0 Å². The van der Waals surface area contributed by atoms with Crippen LogP contribution in [0.1, 0.15) is 6.92 Å². The molecule has 0 amide bonds. The highest BCUT2D eigenvalue weighted by atomic mass is 32.2. The first kappa shape index (κ1) is 6.87. The van der Waals surface area contributed by atoms with E-state index in [4.69, 9.17) is 5.14 Å². The molecule has 0 bridgehead atoms. The molecule has 5 heteroatoms. The van der Waals surface area contributed by atoms with Gasteiger partial charge in [0, 0.05) is 6.54 Å². The van der Waals surface area contributed by atoms with E-state index in [1.54, 1.807) is 6.92 Å². The fourth-order valence-corrected chi connectivity index (χ4v) is 0.570. The first-order chi connectivity index (χ1) is 3.06. The van der Waals surface area contributed by atoms with Crippen molar-refractivity contribution in [1.29, 1.82) is 0 Å². The lowest BCUT2D eigenvalue weighted by Crippen LogP contribution is -2.22. The van der Waals surface area contributed by atoms with Crippen molar-refractivity contribution in [2.24, 2.45) is 0 Å². The Morgan fingerprint density at radius 2 is 2.14 bits per heavy atom. The van der Waals surface area contributed by atoms with Crippen molar-refractivity contribution >= 4 is 10.2 Å². The van der Waals surface area contributed by atoms with Crippen LogP contribution < -0.4 is 9.86 Å². The quantitative estimate of drug-likeness (QED) is 0.518. The molecule has 0 atom stereocenters. The van der Waals surface area contributed by atoms with Crippen molar-refractivity contribution in [3.05, 3.63) is 0 Å². The molecule has 0 heterocycles. The Kier molecular flexibility index (Phi) is 2.21. The monoisotopic (exact) mass is 123 g/mol. The molecule has 0 aliphatic rings. The van der Waals surface area contributed by atoms with Gasteiger partial charge in [0.1, 0.15) is 0 Å². The molecule has 0 aromatic heterocycles. The van der Waals surface area contributed by atoms with Crippen LogP contribution in [-0.4, -0.2) is 15.0 Å². The van der Waals surface area contributed by atoms with Gasteiger partial charge >= 0.3 is 0 Å². The van der Waals surface area contributed by atoms with Gasteiger partial charge in [0.05, 0.1) is 0 Å². The zero-order chi connectivity index (χ0) is 5.91. The van der Waals surface area contributed by atoms with Crippen molar-refractivity contribution in [2.45, 2.75) is 6.92 Å². The second-order valence-corrected chi connectivity index (χ2v) is 2.30. The molecule has 2 N–H and O–H groups in total. The molecule has 0 rings (SSSR count). The molecule has 7 heavy (non-hydrogen) atoms. The summed E-state index contributed by atoms with van der Waals surface area (Å²) in [6, 6.07) is 0. The molecule has 0 aromatic carbocycles. The second kappa shape index (κ2) is 2.25. The average molecular weight is 123 g/mol. The van der Waals surface area contributed by atoms with Gasteiger partial charge in [0.15, 0.2) is 0 Å². The lowest BCUT2D eigenvalue weighted by molar-refractivity contribution is 0.584. The van der Waals surface area contributed by atoms with Crippen LogP contribution in [0.4, 0.5) is 0 Å². The van der Waals surface area contributed by atoms with E-state index in [1.807, 2.05) is 4.72 Å². The maximum Gasteiger partial charge on any atom is 0.290 e. The molecule has 4 nitrogen and oxygen atoms in total. The molecule has 1 radical (unpaired) electrons. The highest BCUT2D eigenvalue weighted by molar-refractivity contribution is 7.86. The third-order valence-corrected chi connectivity index (χ3v) is 1.00. The molecular weight excluding hydrogens is 116 g/mol. The molecule has 43 valence electrons. The first-order valence-electron chi connectivity index (χ1n) is 1.80. The highest BCUT2D eigenvalue weighted by Crippen LogP contribution is 1.64. The Bertz CT molecular complexity index is 127. The summed E-state index contributed by atoms with van der Waals surface area (Å²) in [7, 11) is -3.67. The van der Waals surface area contributed by atoms with Gasteiger partial charge in [-0.2, -0.15) is 8.42 Å². The van der Waals surface area contributed by atoms with Crippen LogP contribution >= 0.6 is 0 Å². The summed E-state index contributed by atoms with van der Waals surface area (Å²) in [6.45, 7) is 1.90. The standard InChI is InChI=1S/C2H7N2O2S/c1-2-4-7(3,5)6/h3-4H,2H2,1H3. The van der Waals surface area contributed by atoms with Crippen LogP contribution in [0.25, 0.3) is 0 Å². The normalized spacial score (nSPS) is 11.7. The fourth-order valence-electron chi connectivity index (χ4n) is 0.190. The lowest BCUT2D eigenvalue weighted by Gasteiger charge is -1.90. The number of hydrogen-bond acceptors (Lipinski definition) is 2. The molecule has 0 saturated carbocycles. The van der Waals surface area contributed by atoms with Gasteiger partial charge in [-0.3, -0.25) is 0 Å². The van der Waals surface area contributed by atoms with E-state index in [-0.39, 0.29) is 6.54 Å². The molecule has 0 saturated heterocycles. The largest absolute Gasteiger partial charge is 0.290 e. The van der Waals surface area contributed by atoms with E-state index >= 15 is 0 Å². The maximum absolute atomic E-state index is 9.79. The smallest absolute Gasteiger partial charge is 0.202 e. The Morgan fingerprint density at radius 3 is 2.14 bits per heavy atom.